The average molecular weight is 358 g/mol. The summed E-state index contributed by atoms with van der Waals surface area (Å²) in [6, 6.07) is 15.5. The van der Waals surface area contributed by atoms with Crippen molar-refractivity contribution in [3.8, 4) is 0 Å². The Morgan fingerprint density at radius 1 is 1.04 bits per heavy atom. The van der Waals surface area contributed by atoms with Gasteiger partial charge in [-0.3, -0.25) is 4.79 Å². The number of sulfone groups is 1. The second kappa shape index (κ2) is 7.66. The Hall–Kier alpha value is -2.40. The minimum atomic E-state index is -3.96. The highest BCUT2D eigenvalue weighted by Gasteiger charge is 2.42. The molecule has 0 aliphatic rings. The molecule has 0 spiro atoms. The lowest BCUT2D eigenvalue weighted by molar-refractivity contribution is -0.140. The van der Waals surface area contributed by atoms with Crippen LogP contribution in [0.2, 0.25) is 0 Å². The highest BCUT2D eigenvalue weighted by molar-refractivity contribution is 7.92. The maximum absolute atomic E-state index is 13.2. The van der Waals surface area contributed by atoms with Gasteiger partial charge in [-0.25, -0.2) is 8.42 Å². The summed E-state index contributed by atoms with van der Waals surface area (Å²) in [5, 5.41) is -1.39. The third-order valence-electron chi connectivity index (χ3n) is 4.11. The smallest absolute Gasteiger partial charge is 0.325 e. The van der Waals surface area contributed by atoms with Crippen molar-refractivity contribution in [2.75, 3.05) is 7.11 Å². The van der Waals surface area contributed by atoms with E-state index in [1.54, 1.807) is 43.3 Å². The topological polar surface area (TPSA) is 60.4 Å². The largest absolute Gasteiger partial charge is 0.468 e. The van der Waals surface area contributed by atoms with Crippen LogP contribution in [0.3, 0.4) is 0 Å². The molecule has 0 aliphatic heterocycles. The number of hydrogen-bond donors (Lipinski definition) is 0. The molecule has 25 heavy (non-hydrogen) atoms. The predicted octanol–water partition coefficient (Wildman–Crippen LogP) is 3.67. The molecule has 2 atom stereocenters. The lowest BCUT2D eigenvalue weighted by Gasteiger charge is -2.26. The van der Waals surface area contributed by atoms with Gasteiger partial charge in [-0.1, -0.05) is 60.2 Å². The van der Waals surface area contributed by atoms with Gasteiger partial charge in [-0.2, -0.15) is 0 Å². The Morgan fingerprint density at radius 3 is 2.08 bits per heavy atom. The lowest BCUT2D eigenvalue weighted by atomic mass is 9.89. The Kier molecular flexibility index (Phi) is 5.80. The van der Waals surface area contributed by atoms with Crippen molar-refractivity contribution in [1.82, 2.24) is 0 Å². The van der Waals surface area contributed by atoms with E-state index in [9.17, 15) is 13.2 Å². The molecule has 0 radical (unpaired) electrons. The fraction of sp³-hybridized carbons (Fsp3) is 0.250. The predicted molar refractivity (Wildman–Crippen MR) is 98.2 cm³/mol. The van der Waals surface area contributed by atoms with E-state index in [1.165, 1.54) is 19.2 Å². The molecule has 0 fully saturated rings. The minimum absolute atomic E-state index is 0.0932. The number of esters is 1. The standard InChI is InChI=1S/C20H22O4S/c1-14(2)18(16-8-6-5-7-9-16)19(20(21)24-4)25(22,23)17-12-10-15(3)11-13-17/h5-13,18-19H,1H2,2-4H3. The van der Waals surface area contributed by atoms with Crippen LogP contribution in [-0.4, -0.2) is 26.7 Å². The van der Waals surface area contributed by atoms with E-state index in [-0.39, 0.29) is 4.90 Å². The molecule has 0 N–H and O–H groups in total. The summed E-state index contributed by atoms with van der Waals surface area (Å²) in [6.45, 7) is 7.51. The number of rotatable bonds is 6. The second-order valence-corrected chi connectivity index (χ2v) is 8.11. The van der Waals surface area contributed by atoms with E-state index in [1.807, 2.05) is 13.0 Å². The van der Waals surface area contributed by atoms with Gasteiger partial charge in [-0.05, 0) is 31.5 Å². The van der Waals surface area contributed by atoms with Gasteiger partial charge >= 0.3 is 5.97 Å². The zero-order valence-corrected chi connectivity index (χ0v) is 15.4. The van der Waals surface area contributed by atoms with Crippen LogP contribution in [0.25, 0.3) is 0 Å². The summed E-state index contributed by atoms with van der Waals surface area (Å²) in [7, 11) is -2.76. The Morgan fingerprint density at radius 2 is 1.60 bits per heavy atom. The molecule has 2 rings (SSSR count). The molecule has 2 aromatic carbocycles. The third kappa shape index (κ3) is 3.99. The first-order valence-electron chi connectivity index (χ1n) is 7.87. The molecule has 2 aromatic rings. The van der Waals surface area contributed by atoms with Crippen molar-refractivity contribution in [1.29, 1.82) is 0 Å². The number of benzene rings is 2. The van der Waals surface area contributed by atoms with Crippen LogP contribution in [0.5, 0.6) is 0 Å². The molecular weight excluding hydrogens is 336 g/mol. The molecule has 132 valence electrons. The number of methoxy groups -OCH3 is 1. The number of aryl methyl sites for hydroxylation is 1. The van der Waals surface area contributed by atoms with Crippen molar-refractivity contribution >= 4 is 15.8 Å². The highest BCUT2D eigenvalue weighted by atomic mass is 32.2. The first-order valence-corrected chi connectivity index (χ1v) is 9.42. The van der Waals surface area contributed by atoms with Crippen molar-refractivity contribution in [3.05, 3.63) is 77.9 Å². The van der Waals surface area contributed by atoms with Crippen LogP contribution >= 0.6 is 0 Å². The van der Waals surface area contributed by atoms with Gasteiger partial charge in [0.25, 0.3) is 0 Å². The van der Waals surface area contributed by atoms with Crippen molar-refractivity contribution < 1.29 is 17.9 Å². The van der Waals surface area contributed by atoms with Crippen LogP contribution in [-0.2, 0) is 19.4 Å². The van der Waals surface area contributed by atoms with Gasteiger partial charge in [0.1, 0.15) is 0 Å². The van der Waals surface area contributed by atoms with E-state index in [0.717, 1.165) is 5.56 Å². The zero-order valence-electron chi connectivity index (χ0n) is 14.6. The molecular formula is C20H22O4S. The molecule has 4 nitrogen and oxygen atoms in total. The Bertz CT molecular complexity index is 852. The van der Waals surface area contributed by atoms with Gasteiger partial charge in [0.2, 0.25) is 0 Å². The lowest BCUT2D eigenvalue weighted by Crippen LogP contribution is -2.37. The number of carbonyl (C=O) groups is 1. The van der Waals surface area contributed by atoms with Gasteiger partial charge in [0.15, 0.2) is 15.1 Å². The van der Waals surface area contributed by atoms with E-state index in [0.29, 0.717) is 11.1 Å². The SMILES string of the molecule is C=C(C)C(c1ccccc1)C(C(=O)OC)S(=O)(=O)c1ccc(C)cc1. The molecule has 0 aliphatic carbocycles. The number of carbonyl (C=O) groups excluding carboxylic acids is 1. The number of ether oxygens (including phenoxy) is 1. The van der Waals surface area contributed by atoms with Gasteiger partial charge in [0.05, 0.1) is 12.0 Å². The molecule has 0 saturated carbocycles. The minimum Gasteiger partial charge on any atom is -0.468 e. The Labute approximate surface area is 149 Å². The van der Waals surface area contributed by atoms with E-state index < -0.39 is 27.0 Å². The molecule has 0 aromatic heterocycles. The summed E-state index contributed by atoms with van der Waals surface area (Å²) in [5.74, 6) is -1.49. The number of hydrogen-bond acceptors (Lipinski definition) is 4. The maximum Gasteiger partial charge on any atom is 0.325 e. The monoisotopic (exact) mass is 358 g/mol. The maximum atomic E-state index is 13.2. The van der Waals surface area contributed by atoms with Crippen molar-refractivity contribution in [3.63, 3.8) is 0 Å². The van der Waals surface area contributed by atoms with Crippen LogP contribution in [0.15, 0.2) is 71.6 Å². The second-order valence-electron chi connectivity index (χ2n) is 6.04. The van der Waals surface area contributed by atoms with Crippen LogP contribution in [0.1, 0.15) is 24.0 Å². The van der Waals surface area contributed by atoms with Crippen LogP contribution in [0.4, 0.5) is 0 Å². The summed E-state index contributed by atoms with van der Waals surface area (Å²) in [4.78, 5) is 12.6. The summed E-state index contributed by atoms with van der Waals surface area (Å²) in [5.41, 5.74) is 2.23. The molecule has 2 unspecified atom stereocenters. The molecule has 0 saturated heterocycles. The first kappa shape index (κ1) is 18.9. The van der Waals surface area contributed by atoms with Crippen LogP contribution in [0, 0.1) is 6.92 Å². The third-order valence-corrected chi connectivity index (χ3v) is 6.17. The number of allylic oxidation sites excluding steroid dienone is 1. The van der Waals surface area contributed by atoms with E-state index in [4.69, 9.17) is 4.74 Å². The summed E-state index contributed by atoms with van der Waals surface area (Å²) >= 11 is 0. The van der Waals surface area contributed by atoms with Gasteiger partial charge in [-0.15, -0.1) is 0 Å². The molecule has 0 heterocycles. The Balaban J connectivity index is 2.63. The summed E-state index contributed by atoms with van der Waals surface area (Å²) in [6.07, 6.45) is 0. The van der Waals surface area contributed by atoms with E-state index in [2.05, 4.69) is 6.58 Å². The fourth-order valence-electron chi connectivity index (χ4n) is 2.81. The molecule has 0 amide bonds. The molecule has 5 heteroatoms. The van der Waals surface area contributed by atoms with Gasteiger partial charge < -0.3 is 4.74 Å². The zero-order chi connectivity index (χ0) is 18.6. The van der Waals surface area contributed by atoms with E-state index >= 15 is 0 Å². The summed E-state index contributed by atoms with van der Waals surface area (Å²) < 4.78 is 31.3. The molecule has 0 bridgehead atoms. The van der Waals surface area contributed by atoms with Gasteiger partial charge in [0, 0.05) is 5.92 Å². The van der Waals surface area contributed by atoms with Crippen LogP contribution < -0.4 is 0 Å². The van der Waals surface area contributed by atoms with Crippen molar-refractivity contribution in [2.45, 2.75) is 29.9 Å². The highest BCUT2D eigenvalue weighted by Crippen LogP contribution is 2.34. The first-order chi connectivity index (χ1) is 11.8. The quantitative estimate of drug-likeness (QED) is 0.584. The van der Waals surface area contributed by atoms with Crippen molar-refractivity contribution in [2.24, 2.45) is 0 Å². The average Bonchev–Trinajstić information content (AvgIpc) is 2.59. The normalized spacial score (nSPS) is 13.7. The fourth-order valence-corrected chi connectivity index (χ4v) is 4.72.